The Balaban J connectivity index is 2.41. The van der Waals surface area contributed by atoms with Crippen LogP contribution in [-0.4, -0.2) is 48.7 Å². The van der Waals surface area contributed by atoms with Gasteiger partial charge in [0.05, 0.1) is 9.94 Å². The van der Waals surface area contributed by atoms with E-state index in [-0.39, 0.29) is 12.5 Å². The highest BCUT2D eigenvalue weighted by atomic mass is 35.5. The molecule has 0 aliphatic carbocycles. The second kappa shape index (κ2) is 7.05. The van der Waals surface area contributed by atoms with Gasteiger partial charge in [-0.25, -0.2) is 0 Å². The number of likely N-dealkylation sites (N-methyl/N-ethyl adjacent to an activating group) is 1. The van der Waals surface area contributed by atoms with Crippen molar-refractivity contribution in [2.24, 2.45) is 0 Å². The Morgan fingerprint density at radius 3 is 2.79 bits per heavy atom. The van der Waals surface area contributed by atoms with Crippen molar-refractivity contribution in [2.45, 2.75) is 12.5 Å². The number of aliphatic hydroxyl groups is 1. The van der Waals surface area contributed by atoms with E-state index in [2.05, 4.69) is 5.32 Å². The number of hydrogen-bond donors (Lipinski definition) is 2. The third-order valence-electron chi connectivity index (χ3n) is 2.29. The number of amides is 1. The van der Waals surface area contributed by atoms with Gasteiger partial charge in [-0.3, -0.25) is 4.79 Å². The molecule has 0 aromatic carbocycles. The lowest BCUT2D eigenvalue weighted by Crippen LogP contribution is -2.46. The largest absolute Gasteiger partial charge is 0.387 e. The van der Waals surface area contributed by atoms with Crippen LogP contribution in [0.5, 0.6) is 0 Å². The van der Waals surface area contributed by atoms with E-state index in [1.165, 1.54) is 17.4 Å². The normalized spacial score (nSPS) is 14.8. The first-order valence-corrected chi connectivity index (χ1v) is 7.06. The van der Waals surface area contributed by atoms with Crippen molar-refractivity contribution in [3.63, 3.8) is 0 Å². The molecule has 1 amide bonds. The molecule has 0 aliphatic rings. The summed E-state index contributed by atoms with van der Waals surface area (Å²) in [6, 6.07) is 3.63. The Bertz CT molecular complexity index is 455. The second-order valence-electron chi connectivity index (χ2n) is 4.93. The molecule has 106 valence electrons. The predicted octanol–water partition coefficient (Wildman–Crippen LogP) is 1.84. The number of carbonyl (C=O) groups is 1. The van der Waals surface area contributed by atoms with E-state index in [0.717, 1.165) is 4.88 Å². The van der Waals surface area contributed by atoms with Gasteiger partial charge in [-0.1, -0.05) is 11.6 Å². The molecule has 1 atom stereocenters. The molecule has 1 aromatic rings. The topological polar surface area (TPSA) is 52.6 Å². The van der Waals surface area contributed by atoms with Gasteiger partial charge in [0.1, 0.15) is 0 Å². The Hall–Kier alpha value is -0.880. The number of carbonyl (C=O) groups excluding carboxylic acids is 1. The van der Waals surface area contributed by atoms with Crippen molar-refractivity contribution in [1.29, 1.82) is 0 Å². The van der Waals surface area contributed by atoms with Gasteiger partial charge in [-0.05, 0) is 39.2 Å². The maximum Gasteiger partial charge on any atom is 0.244 e. The van der Waals surface area contributed by atoms with Crippen molar-refractivity contribution >= 4 is 34.9 Å². The summed E-state index contributed by atoms with van der Waals surface area (Å²) in [5.74, 6) is -0.233. The lowest BCUT2D eigenvalue weighted by Gasteiger charge is -2.26. The number of rotatable bonds is 6. The summed E-state index contributed by atoms with van der Waals surface area (Å²) in [5.41, 5.74) is -0.945. The number of nitrogens with one attached hydrogen (secondary N) is 1. The first-order chi connectivity index (χ1) is 8.78. The molecule has 0 saturated heterocycles. The fourth-order valence-corrected chi connectivity index (χ4v) is 2.61. The monoisotopic (exact) mass is 302 g/mol. The van der Waals surface area contributed by atoms with Crippen molar-refractivity contribution in [3.05, 3.63) is 27.4 Å². The molecule has 19 heavy (non-hydrogen) atoms. The number of thiophene rings is 1. The molecule has 1 heterocycles. The van der Waals surface area contributed by atoms with Crippen LogP contribution >= 0.6 is 22.9 Å². The van der Waals surface area contributed by atoms with E-state index < -0.39 is 5.60 Å². The molecule has 4 nitrogen and oxygen atoms in total. The van der Waals surface area contributed by atoms with Crippen LogP contribution < -0.4 is 5.32 Å². The molecule has 0 bridgehead atoms. The molecule has 1 rings (SSSR count). The summed E-state index contributed by atoms with van der Waals surface area (Å²) in [5, 5.41) is 12.7. The summed E-state index contributed by atoms with van der Waals surface area (Å²) in [7, 11) is 3.74. The highest BCUT2D eigenvalue weighted by Crippen LogP contribution is 2.22. The summed E-state index contributed by atoms with van der Waals surface area (Å²) in [6.07, 6.45) is 3.14. The first kappa shape index (κ1) is 16.2. The highest BCUT2D eigenvalue weighted by Gasteiger charge is 2.21. The minimum Gasteiger partial charge on any atom is -0.387 e. The van der Waals surface area contributed by atoms with Gasteiger partial charge < -0.3 is 15.3 Å². The van der Waals surface area contributed by atoms with E-state index >= 15 is 0 Å². The van der Waals surface area contributed by atoms with Crippen LogP contribution in [0.4, 0.5) is 0 Å². The zero-order valence-corrected chi connectivity index (χ0v) is 12.9. The minimum atomic E-state index is -0.945. The van der Waals surface area contributed by atoms with Crippen molar-refractivity contribution in [1.82, 2.24) is 10.2 Å². The van der Waals surface area contributed by atoms with Crippen molar-refractivity contribution < 1.29 is 9.90 Å². The molecular weight excluding hydrogens is 284 g/mol. The van der Waals surface area contributed by atoms with Crippen LogP contribution in [0.3, 0.4) is 0 Å². The predicted molar refractivity (Wildman–Crippen MR) is 80.6 cm³/mol. The Labute approximate surface area is 122 Å². The lowest BCUT2D eigenvalue weighted by atomic mass is 10.1. The molecule has 0 spiro atoms. The second-order valence-corrected chi connectivity index (χ2v) is 6.67. The van der Waals surface area contributed by atoms with Crippen LogP contribution in [0.1, 0.15) is 11.8 Å². The van der Waals surface area contributed by atoms with Crippen molar-refractivity contribution in [3.8, 4) is 0 Å². The van der Waals surface area contributed by atoms with Crippen LogP contribution in [0.15, 0.2) is 18.2 Å². The molecule has 0 aliphatic heterocycles. The first-order valence-electron chi connectivity index (χ1n) is 5.87. The Morgan fingerprint density at radius 1 is 1.58 bits per heavy atom. The van der Waals surface area contributed by atoms with Crippen LogP contribution in [-0.2, 0) is 4.79 Å². The van der Waals surface area contributed by atoms with E-state index in [1.54, 1.807) is 19.1 Å². The SMILES string of the molecule is CN(C)CC(C)(O)CNC(=O)/C=C/c1ccc(Cl)s1. The average molecular weight is 303 g/mol. The fourth-order valence-electron chi connectivity index (χ4n) is 1.65. The summed E-state index contributed by atoms with van der Waals surface area (Å²) in [6.45, 7) is 2.38. The maximum atomic E-state index is 11.6. The smallest absolute Gasteiger partial charge is 0.244 e. The maximum absolute atomic E-state index is 11.6. The van der Waals surface area contributed by atoms with E-state index in [4.69, 9.17) is 11.6 Å². The molecule has 1 aromatic heterocycles. The summed E-state index contributed by atoms with van der Waals surface area (Å²) >= 11 is 7.20. The zero-order chi connectivity index (χ0) is 14.5. The molecular formula is C13H19ClN2O2S. The van der Waals surface area contributed by atoms with E-state index in [0.29, 0.717) is 10.9 Å². The van der Waals surface area contributed by atoms with Gasteiger partial charge in [0.2, 0.25) is 5.91 Å². The molecule has 1 unspecified atom stereocenters. The molecule has 0 saturated carbocycles. The van der Waals surface area contributed by atoms with Crippen LogP contribution in [0.2, 0.25) is 4.34 Å². The number of halogens is 1. The zero-order valence-electron chi connectivity index (χ0n) is 11.3. The number of hydrogen-bond acceptors (Lipinski definition) is 4. The van der Waals surface area contributed by atoms with E-state index in [9.17, 15) is 9.90 Å². The quantitative estimate of drug-likeness (QED) is 0.789. The summed E-state index contributed by atoms with van der Waals surface area (Å²) < 4.78 is 0.689. The van der Waals surface area contributed by atoms with Gasteiger partial charge in [0.15, 0.2) is 0 Å². The highest BCUT2D eigenvalue weighted by molar-refractivity contribution is 7.17. The van der Waals surface area contributed by atoms with Crippen molar-refractivity contribution in [2.75, 3.05) is 27.2 Å². The van der Waals surface area contributed by atoms with Gasteiger partial charge >= 0.3 is 0 Å². The standard InChI is InChI=1S/C13H19ClN2O2S/c1-13(18,9-16(2)3)8-15-12(17)7-5-10-4-6-11(14)19-10/h4-7,18H,8-9H2,1-3H3,(H,15,17)/b7-5+. The van der Waals surface area contributed by atoms with Gasteiger partial charge in [-0.15, -0.1) is 11.3 Å². The van der Waals surface area contributed by atoms with E-state index in [1.807, 2.05) is 25.1 Å². The van der Waals surface area contributed by atoms with Crippen LogP contribution in [0.25, 0.3) is 6.08 Å². The number of nitrogens with zero attached hydrogens (tertiary/aromatic N) is 1. The van der Waals surface area contributed by atoms with Gasteiger partial charge in [-0.2, -0.15) is 0 Å². The molecule has 0 fully saturated rings. The Morgan fingerprint density at radius 2 is 2.26 bits per heavy atom. The molecule has 0 radical (unpaired) electrons. The molecule has 2 N–H and O–H groups in total. The fraction of sp³-hybridized carbons (Fsp3) is 0.462. The average Bonchev–Trinajstić information content (AvgIpc) is 2.68. The van der Waals surface area contributed by atoms with Gasteiger partial charge in [0.25, 0.3) is 0 Å². The van der Waals surface area contributed by atoms with Crippen LogP contribution in [0, 0.1) is 0 Å². The molecule has 6 heteroatoms. The Kier molecular flexibility index (Phi) is 6.00. The van der Waals surface area contributed by atoms with Gasteiger partial charge in [0, 0.05) is 24.0 Å². The summed E-state index contributed by atoms with van der Waals surface area (Å²) in [4.78, 5) is 14.4. The minimum absolute atomic E-state index is 0.208. The lowest BCUT2D eigenvalue weighted by molar-refractivity contribution is -0.117. The third-order valence-corrected chi connectivity index (χ3v) is 3.49. The third kappa shape index (κ3) is 6.73.